The second-order valence-corrected chi connectivity index (χ2v) is 3.76. The predicted octanol–water partition coefficient (Wildman–Crippen LogP) is 3.28. The number of carbonyl (C=O) groups is 1. The summed E-state index contributed by atoms with van der Waals surface area (Å²) in [6.45, 7) is 0. The Kier molecular flexibility index (Phi) is 2.93. The molecule has 0 spiro atoms. The van der Waals surface area contributed by atoms with Crippen molar-refractivity contribution < 1.29 is 9.90 Å². The van der Waals surface area contributed by atoms with Crippen molar-refractivity contribution in [1.29, 1.82) is 0 Å². The minimum absolute atomic E-state index is 0.135. The van der Waals surface area contributed by atoms with Crippen LogP contribution in [0.1, 0.15) is 15.9 Å². The van der Waals surface area contributed by atoms with E-state index in [9.17, 15) is 4.79 Å². The van der Waals surface area contributed by atoms with Crippen molar-refractivity contribution >= 4 is 17.4 Å². The summed E-state index contributed by atoms with van der Waals surface area (Å²) >= 11 is 5.93. The molecule has 0 saturated heterocycles. The van der Waals surface area contributed by atoms with Gasteiger partial charge < -0.3 is 5.11 Å². The summed E-state index contributed by atoms with van der Waals surface area (Å²) in [6.07, 6.45) is 0. The van der Waals surface area contributed by atoms with E-state index in [-0.39, 0.29) is 11.5 Å². The van der Waals surface area contributed by atoms with E-state index in [2.05, 4.69) is 0 Å². The molecule has 0 atom stereocenters. The lowest BCUT2D eigenvalue weighted by Gasteiger charge is -2.03. The number of phenolic OH excluding ortho intramolecular Hbond substituents is 1. The van der Waals surface area contributed by atoms with Crippen molar-refractivity contribution in [2.45, 2.75) is 0 Å². The Balaban J connectivity index is 2.40. The van der Waals surface area contributed by atoms with Gasteiger partial charge in [-0.1, -0.05) is 23.7 Å². The Morgan fingerprint density at radius 2 is 1.62 bits per heavy atom. The van der Waals surface area contributed by atoms with Crippen molar-refractivity contribution in [1.82, 2.24) is 0 Å². The largest absolute Gasteiger partial charge is 0.508 e. The van der Waals surface area contributed by atoms with Gasteiger partial charge in [0.1, 0.15) is 5.75 Å². The van der Waals surface area contributed by atoms with Crippen molar-refractivity contribution in [2.75, 3.05) is 0 Å². The Bertz CT molecular complexity index is 518. The SMILES string of the molecule is O=C(c1ccc(O)cc1)c1ccccc1Cl. The summed E-state index contributed by atoms with van der Waals surface area (Å²) in [7, 11) is 0. The van der Waals surface area contributed by atoms with Gasteiger partial charge in [-0.2, -0.15) is 0 Å². The number of benzene rings is 2. The normalized spacial score (nSPS) is 10.1. The third-order valence-electron chi connectivity index (χ3n) is 2.25. The number of carbonyl (C=O) groups excluding carboxylic acids is 1. The Morgan fingerprint density at radius 1 is 1.00 bits per heavy atom. The van der Waals surface area contributed by atoms with Crippen LogP contribution in [0.2, 0.25) is 5.02 Å². The molecule has 1 N–H and O–H groups in total. The zero-order valence-corrected chi connectivity index (χ0v) is 9.11. The molecule has 0 unspecified atom stereocenters. The fourth-order valence-electron chi connectivity index (χ4n) is 1.41. The van der Waals surface area contributed by atoms with Crippen LogP contribution in [0.4, 0.5) is 0 Å². The molecule has 0 bridgehead atoms. The number of rotatable bonds is 2. The maximum atomic E-state index is 12.0. The van der Waals surface area contributed by atoms with Crippen molar-refractivity contribution in [3.8, 4) is 5.75 Å². The fourth-order valence-corrected chi connectivity index (χ4v) is 1.64. The average molecular weight is 233 g/mol. The van der Waals surface area contributed by atoms with E-state index in [4.69, 9.17) is 16.7 Å². The highest BCUT2D eigenvalue weighted by Crippen LogP contribution is 2.20. The van der Waals surface area contributed by atoms with E-state index in [1.807, 2.05) is 0 Å². The number of ketones is 1. The molecular formula is C13H9ClO2. The van der Waals surface area contributed by atoms with Gasteiger partial charge in [-0.3, -0.25) is 4.79 Å². The molecule has 3 heteroatoms. The van der Waals surface area contributed by atoms with Gasteiger partial charge in [0.25, 0.3) is 0 Å². The molecule has 2 aromatic carbocycles. The van der Waals surface area contributed by atoms with Crippen LogP contribution >= 0.6 is 11.6 Å². The molecule has 0 aliphatic carbocycles. The molecule has 2 aromatic rings. The van der Waals surface area contributed by atoms with E-state index in [1.165, 1.54) is 12.1 Å². The topological polar surface area (TPSA) is 37.3 Å². The molecule has 0 aliphatic rings. The summed E-state index contributed by atoms with van der Waals surface area (Å²) in [4.78, 5) is 12.0. The van der Waals surface area contributed by atoms with Gasteiger partial charge in [-0.05, 0) is 36.4 Å². The van der Waals surface area contributed by atoms with Crippen LogP contribution in [0.15, 0.2) is 48.5 Å². The van der Waals surface area contributed by atoms with Crippen LogP contribution in [0.3, 0.4) is 0 Å². The second-order valence-electron chi connectivity index (χ2n) is 3.36. The van der Waals surface area contributed by atoms with Crippen molar-refractivity contribution in [3.63, 3.8) is 0 Å². The van der Waals surface area contributed by atoms with Crippen molar-refractivity contribution in [2.24, 2.45) is 0 Å². The summed E-state index contributed by atoms with van der Waals surface area (Å²) in [5.41, 5.74) is 0.973. The zero-order chi connectivity index (χ0) is 11.5. The average Bonchev–Trinajstić information content (AvgIpc) is 2.30. The highest BCUT2D eigenvalue weighted by atomic mass is 35.5. The lowest BCUT2D eigenvalue weighted by atomic mass is 10.0. The molecule has 0 aromatic heterocycles. The van der Waals surface area contributed by atoms with Gasteiger partial charge >= 0.3 is 0 Å². The molecule has 0 radical (unpaired) electrons. The molecule has 0 aliphatic heterocycles. The smallest absolute Gasteiger partial charge is 0.194 e. The molecule has 80 valence electrons. The summed E-state index contributed by atoms with van der Waals surface area (Å²) in [5.74, 6) is -0.0127. The van der Waals surface area contributed by atoms with Gasteiger partial charge in [-0.25, -0.2) is 0 Å². The summed E-state index contributed by atoms with van der Waals surface area (Å²) in [5, 5.41) is 9.56. The lowest BCUT2D eigenvalue weighted by Crippen LogP contribution is -2.01. The molecule has 0 heterocycles. The van der Waals surface area contributed by atoms with Gasteiger partial charge in [0, 0.05) is 11.1 Å². The molecule has 16 heavy (non-hydrogen) atoms. The number of aromatic hydroxyl groups is 1. The van der Waals surface area contributed by atoms with Crippen LogP contribution in [-0.4, -0.2) is 10.9 Å². The summed E-state index contributed by atoms with van der Waals surface area (Å²) < 4.78 is 0. The number of halogens is 1. The van der Waals surface area contributed by atoms with E-state index < -0.39 is 0 Å². The summed E-state index contributed by atoms with van der Waals surface area (Å²) in [6, 6.07) is 13.0. The van der Waals surface area contributed by atoms with Crippen LogP contribution in [0.25, 0.3) is 0 Å². The third kappa shape index (κ3) is 2.07. The standard InChI is InChI=1S/C13H9ClO2/c14-12-4-2-1-3-11(12)13(16)9-5-7-10(15)8-6-9/h1-8,15H. The monoisotopic (exact) mass is 232 g/mol. The maximum absolute atomic E-state index is 12.0. The molecule has 2 nitrogen and oxygen atoms in total. The quantitative estimate of drug-likeness (QED) is 0.807. The van der Waals surface area contributed by atoms with Crippen LogP contribution in [-0.2, 0) is 0 Å². The number of phenols is 1. The third-order valence-corrected chi connectivity index (χ3v) is 2.58. The first kappa shape index (κ1) is 10.7. The maximum Gasteiger partial charge on any atom is 0.194 e. The number of hydrogen-bond donors (Lipinski definition) is 1. The fraction of sp³-hybridized carbons (Fsp3) is 0. The van der Waals surface area contributed by atoms with Gasteiger partial charge in [-0.15, -0.1) is 0 Å². The van der Waals surface area contributed by atoms with Gasteiger partial charge in [0.2, 0.25) is 0 Å². The van der Waals surface area contributed by atoms with E-state index in [1.54, 1.807) is 36.4 Å². The number of hydrogen-bond acceptors (Lipinski definition) is 2. The highest BCUT2D eigenvalue weighted by molar-refractivity contribution is 6.34. The Hall–Kier alpha value is -1.80. The zero-order valence-electron chi connectivity index (χ0n) is 8.35. The Labute approximate surface area is 98.1 Å². The first-order chi connectivity index (χ1) is 7.68. The van der Waals surface area contributed by atoms with E-state index >= 15 is 0 Å². The molecular weight excluding hydrogens is 224 g/mol. The van der Waals surface area contributed by atoms with Gasteiger partial charge in [0.05, 0.1) is 5.02 Å². The Morgan fingerprint density at radius 3 is 2.25 bits per heavy atom. The van der Waals surface area contributed by atoms with Crippen molar-refractivity contribution in [3.05, 3.63) is 64.7 Å². The predicted molar refractivity (Wildman–Crippen MR) is 63.0 cm³/mol. The molecule has 0 amide bonds. The minimum Gasteiger partial charge on any atom is -0.508 e. The molecule has 2 rings (SSSR count). The second kappa shape index (κ2) is 4.37. The van der Waals surface area contributed by atoms with Crippen LogP contribution < -0.4 is 0 Å². The van der Waals surface area contributed by atoms with E-state index in [0.717, 1.165) is 0 Å². The van der Waals surface area contributed by atoms with E-state index in [0.29, 0.717) is 16.1 Å². The van der Waals surface area contributed by atoms with Gasteiger partial charge in [0.15, 0.2) is 5.78 Å². The lowest BCUT2D eigenvalue weighted by molar-refractivity contribution is 0.103. The van der Waals surface area contributed by atoms with Crippen LogP contribution in [0.5, 0.6) is 5.75 Å². The highest BCUT2D eigenvalue weighted by Gasteiger charge is 2.11. The minimum atomic E-state index is -0.148. The first-order valence-corrected chi connectivity index (χ1v) is 5.14. The molecule has 0 saturated carbocycles. The first-order valence-electron chi connectivity index (χ1n) is 4.77. The molecule has 0 fully saturated rings. The van der Waals surface area contributed by atoms with Crippen LogP contribution in [0, 0.1) is 0 Å².